The molecule has 1 aliphatic heterocycles. The van der Waals surface area contributed by atoms with Crippen molar-refractivity contribution < 1.29 is 9.59 Å². The van der Waals surface area contributed by atoms with Gasteiger partial charge in [-0.15, -0.1) is 0 Å². The Hall–Kier alpha value is -1.10. The molecule has 0 aliphatic carbocycles. The monoisotopic (exact) mass is 255 g/mol. The van der Waals surface area contributed by atoms with Crippen molar-refractivity contribution in [2.45, 2.75) is 45.6 Å². The van der Waals surface area contributed by atoms with Gasteiger partial charge in [0.15, 0.2) is 0 Å². The van der Waals surface area contributed by atoms with Crippen LogP contribution in [-0.2, 0) is 9.59 Å². The van der Waals surface area contributed by atoms with Gasteiger partial charge in [-0.2, -0.15) is 0 Å². The van der Waals surface area contributed by atoms with E-state index in [1.54, 1.807) is 6.92 Å². The number of nitrogens with one attached hydrogen (secondary N) is 1. The van der Waals surface area contributed by atoms with Crippen molar-refractivity contribution in [3.8, 4) is 0 Å². The zero-order chi connectivity index (χ0) is 13.5. The number of rotatable bonds is 6. The normalized spacial score (nSPS) is 18.5. The number of nitrogens with zero attached hydrogens (tertiary/aromatic N) is 1. The minimum Gasteiger partial charge on any atom is -0.345 e. The van der Waals surface area contributed by atoms with Crippen molar-refractivity contribution in [3.05, 3.63) is 0 Å². The Bertz CT molecular complexity index is 288. The van der Waals surface area contributed by atoms with E-state index in [2.05, 4.69) is 5.32 Å². The molecule has 0 aromatic carbocycles. The number of carbonyl (C=O) groups is 2. The third-order valence-electron chi connectivity index (χ3n) is 3.43. The zero-order valence-electron chi connectivity index (χ0n) is 11.4. The van der Waals surface area contributed by atoms with Crippen LogP contribution in [0.25, 0.3) is 0 Å². The third-order valence-corrected chi connectivity index (χ3v) is 3.43. The molecule has 3 N–H and O–H groups in total. The summed E-state index contributed by atoms with van der Waals surface area (Å²) in [5, 5.41) is 2.77. The maximum atomic E-state index is 12.0. The van der Waals surface area contributed by atoms with Gasteiger partial charge in [-0.25, -0.2) is 0 Å². The standard InChI is InChI=1S/C13H25N3O2/c1-10(9-14)5-6-12(17)15-11(2)13(18)16-7-3-4-8-16/h10-11H,3-9,14H2,1-2H3,(H,15,17). The highest BCUT2D eigenvalue weighted by Crippen LogP contribution is 2.09. The number of carbonyl (C=O) groups excluding carboxylic acids is 2. The molecule has 0 bridgehead atoms. The summed E-state index contributed by atoms with van der Waals surface area (Å²) >= 11 is 0. The van der Waals surface area contributed by atoms with Gasteiger partial charge in [-0.05, 0) is 38.6 Å². The predicted molar refractivity (Wildman–Crippen MR) is 70.9 cm³/mol. The first kappa shape index (κ1) is 15.0. The van der Waals surface area contributed by atoms with Gasteiger partial charge in [0.2, 0.25) is 11.8 Å². The molecule has 2 unspecified atom stereocenters. The van der Waals surface area contributed by atoms with E-state index >= 15 is 0 Å². The zero-order valence-corrected chi connectivity index (χ0v) is 11.4. The Morgan fingerprint density at radius 3 is 2.44 bits per heavy atom. The summed E-state index contributed by atoms with van der Waals surface area (Å²) in [6, 6.07) is -0.413. The Balaban J connectivity index is 2.27. The van der Waals surface area contributed by atoms with Crippen LogP contribution >= 0.6 is 0 Å². The molecule has 2 amide bonds. The van der Waals surface area contributed by atoms with E-state index in [9.17, 15) is 9.59 Å². The lowest BCUT2D eigenvalue weighted by molar-refractivity contribution is -0.135. The van der Waals surface area contributed by atoms with Crippen molar-refractivity contribution in [3.63, 3.8) is 0 Å². The van der Waals surface area contributed by atoms with Gasteiger partial charge in [-0.3, -0.25) is 9.59 Å². The summed E-state index contributed by atoms with van der Waals surface area (Å²) < 4.78 is 0. The van der Waals surface area contributed by atoms with Gasteiger partial charge < -0.3 is 16.0 Å². The maximum Gasteiger partial charge on any atom is 0.244 e. The van der Waals surface area contributed by atoms with Crippen LogP contribution in [0.5, 0.6) is 0 Å². The van der Waals surface area contributed by atoms with Gasteiger partial charge in [0.1, 0.15) is 6.04 Å². The lowest BCUT2D eigenvalue weighted by Crippen LogP contribution is -2.46. The number of nitrogens with two attached hydrogens (primary N) is 1. The van der Waals surface area contributed by atoms with E-state index in [4.69, 9.17) is 5.73 Å². The van der Waals surface area contributed by atoms with Crippen LogP contribution in [0.3, 0.4) is 0 Å². The van der Waals surface area contributed by atoms with E-state index in [0.717, 1.165) is 32.4 Å². The van der Waals surface area contributed by atoms with Crippen LogP contribution in [0.2, 0.25) is 0 Å². The highest BCUT2D eigenvalue weighted by molar-refractivity contribution is 5.87. The lowest BCUT2D eigenvalue weighted by atomic mass is 10.1. The van der Waals surface area contributed by atoms with Crippen LogP contribution in [0.1, 0.15) is 39.5 Å². The molecule has 0 spiro atoms. The molecule has 5 nitrogen and oxygen atoms in total. The van der Waals surface area contributed by atoms with Crippen LogP contribution in [-0.4, -0.2) is 42.4 Å². The Kier molecular flexibility index (Phi) is 6.12. The molecule has 0 aromatic heterocycles. The first-order valence-electron chi connectivity index (χ1n) is 6.82. The summed E-state index contributed by atoms with van der Waals surface area (Å²) in [5.41, 5.74) is 5.50. The molecule has 104 valence electrons. The van der Waals surface area contributed by atoms with Crippen molar-refractivity contribution in [2.75, 3.05) is 19.6 Å². The second-order valence-corrected chi connectivity index (χ2v) is 5.20. The topological polar surface area (TPSA) is 75.4 Å². The molecule has 5 heteroatoms. The highest BCUT2D eigenvalue weighted by atomic mass is 16.2. The molecule has 0 aromatic rings. The minimum absolute atomic E-state index is 0.0349. The Morgan fingerprint density at radius 1 is 1.28 bits per heavy atom. The Labute approximate surface area is 109 Å². The molecule has 2 atom stereocenters. The van der Waals surface area contributed by atoms with E-state index < -0.39 is 6.04 Å². The average Bonchev–Trinajstić information content (AvgIpc) is 2.88. The largest absolute Gasteiger partial charge is 0.345 e. The van der Waals surface area contributed by atoms with Crippen LogP contribution in [0.4, 0.5) is 0 Å². The van der Waals surface area contributed by atoms with Crippen molar-refractivity contribution in [2.24, 2.45) is 11.7 Å². The van der Waals surface area contributed by atoms with Crippen LogP contribution in [0.15, 0.2) is 0 Å². The summed E-state index contributed by atoms with van der Waals surface area (Å²) in [7, 11) is 0. The van der Waals surface area contributed by atoms with E-state index in [0.29, 0.717) is 18.9 Å². The predicted octanol–water partition coefficient (Wildman–Crippen LogP) is 0.489. The molecule has 0 saturated carbocycles. The first-order valence-corrected chi connectivity index (χ1v) is 6.82. The van der Waals surface area contributed by atoms with E-state index in [1.165, 1.54) is 0 Å². The van der Waals surface area contributed by atoms with E-state index in [-0.39, 0.29) is 11.8 Å². The molecule has 1 saturated heterocycles. The summed E-state index contributed by atoms with van der Waals surface area (Å²) in [6.07, 6.45) is 3.35. The first-order chi connectivity index (χ1) is 8.54. The quantitative estimate of drug-likeness (QED) is 0.725. The van der Waals surface area contributed by atoms with Gasteiger partial charge in [0.05, 0.1) is 0 Å². The number of amides is 2. The average molecular weight is 255 g/mol. The fourth-order valence-corrected chi connectivity index (χ4v) is 2.08. The van der Waals surface area contributed by atoms with Gasteiger partial charge in [0, 0.05) is 19.5 Å². The fraction of sp³-hybridized carbons (Fsp3) is 0.846. The van der Waals surface area contributed by atoms with Gasteiger partial charge in [0.25, 0.3) is 0 Å². The highest BCUT2D eigenvalue weighted by Gasteiger charge is 2.24. The molecule has 1 rings (SSSR count). The Morgan fingerprint density at radius 2 is 1.89 bits per heavy atom. The van der Waals surface area contributed by atoms with Crippen molar-refractivity contribution in [1.82, 2.24) is 10.2 Å². The second-order valence-electron chi connectivity index (χ2n) is 5.20. The van der Waals surface area contributed by atoms with Crippen molar-refractivity contribution >= 4 is 11.8 Å². The number of likely N-dealkylation sites (tertiary alicyclic amines) is 1. The molecular formula is C13H25N3O2. The third kappa shape index (κ3) is 4.64. The fourth-order valence-electron chi connectivity index (χ4n) is 2.08. The molecule has 18 heavy (non-hydrogen) atoms. The van der Waals surface area contributed by atoms with Crippen LogP contribution in [0, 0.1) is 5.92 Å². The van der Waals surface area contributed by atoms with Gasteiger partial charge in [-0.1, -0.05) is 6.92 Å². The van der Waals surface area contributed by atoms with Crippen molar-refractivity contribution in [1.29, 1.82) is 0 Å². The van der Waals surface area contributed by atoms with Gasteiger partial charge >= 0.3 is 0 Å². The lowest BCUT2D eigenvalue weighted by Gasteiger charge is -2.21. The van der Waals surface area contributed by atoms with Crippen LogP contribution < -0.4 is 11.1 Å². The number of hydrogen-bond acceptors (Lipinski definition) is 3. The minimum atomic E-state index is -0.413. The SMILES string of the molecule is CC(CN)CCC(=O)NC(C)C(=O)N1CCCC1. The molecular weight excluding hydrogens is 230 g/mol. The summed E-state index contributed by atoms with van der Waals surface area (Å²) in [6.45, 7) is 6.01. The van der Waals surface area contributed by atoms with E-state index in [1.807, 2.05) is 11.8 Å². The summed E-state index contributed by atoms with van der Waals surface area (Å²) in [4.78, 5) is 25.5. The molecule has 0 radical (unpaired) electrons. The molecule has 1 fully saturated rings. The smallest absolute Gasteiger partial charge is 0.244 e. The number of hydrogen-bond donors (Lipinski definition) is 2. The summed E-state index contributed by atoms with van der Waals surface area (Å²) in [5.74, 6) is 0.323. The maximum absolute atomic E-state index is 12.0. The second kappa shape index (κ2) is 7.36. The molecule has 1 heterocycles. The molecule has 1 aliphatic rings.